The Balaban J connectivity index is 2.34. The van der Waals surface area contributed by atoms with E-state index in [9.17, 15) is 8.42 Å². The molecule has 5 heteroatoms. The van der Waals surface area contributed by atoms with Crippen LogP contribution in [0.15, 0.2) is 29.2 Å². The molecule has 1 fully saturated rings. The maximum absolute atomic E-state index is 12.9. The highest BCUT2D eigenvalue weighted by Crippen LogP contribution is 2.37. The summed E-state index contributed by atoms with van der Waals surface area (Å²) < 4.78 is 25.7. The van der Waals surface area contributed by atoms with E-state index in [1.165, 1.54) is 0 Å². The summed E-state index contributed by atoms with van der Waals surface area (Å²) in [6.07, 6.45) is 3.73. The molecule has 112 valence electrons. The van der Waals surface area contributed by atoms with E-state index in [1.807, 2.05) is 0 Å². The fraction of sp³-hybridized carbons (Fsp3) is 0.600. The molecule has 0 radical (unpaired) electrons. The first-order valence-electron chi connectivity index (χ1n) is 7.18. The topological polar surface area (TPSA) is 60.2 Å². The molecule has 2 rings (SSSR count). The van der Waals surface area contributed by atoms with Gasteiger partial charge in [-0.2, -0.15) is 0 Å². The third-order valence-corrected chi connectivity index (χ3v) is 6.96. The van der Waals surface area contributed by atoms with E-state index in [-0.39, 0.29) is 11.2 Å². The number of halogens is 1. The summed E-state index contributed by atoms with van der Waals surface area (Å²) in [6, 6.07) is 6.55. The van der Waals surface area contributed by atoms with Crippen LogP contribution in [0, 0.1) is 11.8 Å². The molecule has 1 aromatic rings. The van der Waals surface area contributed by atoms with Crippen LogP contribution in [0.5, 0.6) is 0 Å². The van der Waals surface area contributed by atoms with Gasteiger partial charge in [-0.05, 0) is 49.4 Å². The third-order valence-electron chi connectivity index (χ3n) is 4.44. The minimum Gasteiger partial charge on any atom is -0.330 e. The summed E-state index contributed by atoms with van der Waals surface area (Å²) >= 11 is 5.93. The Bertz CT molecular complexity index is 559. The molecule has 1 aliphatic carbocycles. The van der Waals surface area contributed by atoms with E-state index in [0.29, 0.717) is 28.8 Å². The van der Waals surface area contributed by atoms with Gasteiger partial charge in [0.2, 0.25) is 0 Å². The molecule has 0 aromatic heterocycles. The molecule has 0 bridgehead atoms. The summed E-state index contributed by atoms with van der Waals surface area (Å²) in [5.41, 5.74) is 5.79. The lowest BCUT2D eigenvalue weighted by molar-refractivity contribution is 0.275. The standard InChI is InChI=1S/C15H22ClNO2S/c1-2-11-6-7-12(10-17)15(8-11)20(18,19)14-5-3-4-13(16)9-14/h3-5,9,11-12,15H,2,6-8,10,17H2,1H3. The van der Waals surface area contributed by atoms with E-state index in [2.05, 4.69) is 6.92 Å². The number of rotatable bonds is 4. The maximum Gasteiger partial charge on any atom is 0.181 e. The summed E-state index contributed by atoms with van der Waals surface area (Å²) in [4.78, 5) is 0.324. The van der Waals surface area contributed by atoms with E-state index in [0.717, 1.165) is 19.3 Å². The molecule has 1 aromatic carbocycles. The predicted molar refractivity (Wildman–Crippen MR) is 82.6 cm³/mol. The second-order valence-electron chi connectivity index (χ2n) is 5.62. The highest BCUT2D eigenvalue weighted by molar-refractivity contribution is 7.92. The first kappa shape index (κ1) is 15.8. The van der Waals surface area contributed by atoms with Crippen molar-refractivity contribution in [2.75, 3.05) is 6.54 Å². The van der Waals surface area contributed by atoms with Gasteiger partial charge in [0.05, 0.1) is 10.1 Å². The molecule has 3 nitrogen and oxygen atoms in total. The van der Waals surface area contributed by atoms with E-state index >= 15 is 0 Å². The molecular weight excluding hydrogens is 294 g/mol. The molecule has 0 amide bonds. The Morgan fingerprint density at radius 2 is 2.10 bits per heavy atom. The predicted octanol–water partition coefficient (Wildman–Crippen LogP) is 3.27. The van der Waals surface area contributed by atoms with Gasteiger partial charge in [-0.15, -0.1) is 0 Å². The summed E-state index contributed by atoms with van der Waals surface area (Å²) in [7, 11) is -3.35. The molecule has 0 aliphatic heterocycles. The SMILES string of the molecule is CCC1CCC(CN)C(S(=O)(=O)c2cccc(Cl)c2)C1. The highest BCUT2D eigenvalue weighted by atomic mass is 35.5. The zero-order valence-electron chi connectivity index (χ0n) is 11.8. The van der Waals surface area contributed by atoms with Gasteiger partial charge in [0.15, 0.2) is 9.84 Å². The van der Waals surface area contributed by atoms with Crippen molar-refractivity contribution < 1.29 is 8.42 Å². The molecule has 20 heavy (non-hydrogen) atoms. The van der Waals surface area contributed by atoms with Crippen LogP contribution < -0.4 is 5.73 Å². The Hall–Kier alpha value is -0.580. The van der Waals surface area contributed by atoms with Crippen LogP contribution in [0.25, 0.3) is 0 Å². The van der Waals surface area contributed by atoms with Crippen molar-refractivity contribution >= 4 is 21.4 Å². The van der Waals surface area contributed by atoms with Gasteiger partial charge in [-0.25, -0.2) is 8.42 Å². The first-order valence-corrected chi connectivity index (χ1v) is 9.11. The molecule has 3 unspecified atom stereocenters. The monoisotopic (exact) mass is 315 g/mol. The van der Waals surface area contributed by atoms with Gasteiger partial charge < -0.3 is 5.73 Å². The fourth-order valence-corrected chi connectivity index (χ4v) is 5.56. The van der Waals surface area contributed by atoms with Crippen molar-refractivity contribution in [1.29, 1.82) is 0 Å². The largest absolute Gasteiger partial charge is 0.330 e. The summed E-state index contributed by atoms with van der Waals surface area (Å²) in [6.45, 7) is 2.55. The van der Waals surface area contributed by atoms with Crippen molar-refractivity contribution in [3.8, 4) is 0 Å². The zero-order chi connectivity index (χ0) is 14.8. The Kier molecular flexibility index (Phi) is 5.10. The van der Waals surface area contributed by atoms with Gasteiger partial charge in [-0.3, -0.25) is 0 Å². The van der Waals surface area contributed by atoms with Crippen LogP contribution in [0.2, 0.25) is 5.02 Å². The van der Waals surface area contributed by atoms with Crippen molar-refractivity contribution in [1.82, 2.24) is 0 Å². The fourth-order valence-electron chi connectivity index (χ4n) is 3.11. The first-order chi connectivity index (χ1) is 9.48. The molecular formula is C15H22ClNO2S. The van der Waals surface area contributed by atoms with Crippen LogP contribution in [-0.2, 0) is 9.84 Å². The van der Waals surface area contributed by atoms with E-state index in [4.69, 9.17) is 17.3 Å². The lowest BCUT2D eigenvalue weighted by Gasteiger charge is -2.34. The number of benzene rings is 1. The number of sulfone groups is 1. The van der Waals surface area contributed by atoms with Gasteiger partial charge in [0, 0.05) is 5.02 Å². The zero-order valence-corrected chi connectivity index (χ0v) is 13.3. The minimum absolute atomic E-state index is 0.0572. The van der Waals surface area contributed by atoms with Crippen molar-refractivity contribution in [3.63, 3.8) is 0 Å². The van der Waals surface area contributed by atoms with Gasteiger partial charge in [0.25, 0.3) is 0 Å². The second kappa shape index (κ2) is 6.46. The van der Waals surface area contributed by atoms with Gasteiger partial charge >= 0.3 is 0 Å². The second-order valence-corrected chi connectivity index (χ2v) is 8.23. The Morgan fingerprint density at radius 3 is 2.70 bits per heavy atom. The minimum atomic E-state index is -3.35. The quantitative estimate of drug-likeness (QED) is 0.927. The van der Waals surface area contributed by atoms with Crippen LogP contribution >= 0.6 is 11.6 Å². The molecule has 0 spiro atoms. The average Bonchev–Trinajstić information content (AvgIpc) is 2.46. The van der Waals surface area contributed by atoms with Crippen LogP contribution in [0.1, 0.15) is 32.6 Å². The Labute approximate surface area is 126 Å². The van der Waals surface area contributed by atoms with Crippen molar-refractivity contribution in [2.24, 2.45) is 17.6 Å². The van der Waals surface area contributed by atoms with Crippen LogP contribution in [-0.4, -0.2) is 20.2 Å². The smallest absolute Gasteiger partial charge is 0.181 e. The van der Waals surface area contributed by atoms with E-state index in [1.54, 1.807) is 24.3 Å². The van der Waals surface area contributed by atoms with Crippen molar-refractivity contribution in [3.05, 3.63) is 29.3 Å². The molecule has 1 saturated carbocycles. The lowest BCUT2D eigenvalue weighted by Crippen LogP contribution is -2.39. The van der Waals surface area contributed by atoms with Crippen LogP contribution in [0.4, 0.5) is 0 Å². The maximum atomic E-state index is 12.9. The normalized spacial score (nSPS) is 27.4. The van der Waals surface area contributed by atoms with E-state index < -0.39 is 9.84 Å². The van der Waals surface area contributed by atoms with Gasteiger partial charge in [-0.1, -0.05) is 37.4 Å². The lowest BCUT2D eigenvalue weighted by atomic mass is 9.80. The highest BCUT2D eigenvalue weighted by Gasteiger charge is 2.38. The molecule has 0 saturated heterocycles. The number of hydrogen-bond acceptors (Lipinski definition) is 3. The molecule has 0 heterocycles. The number of nitrogens with two attached hydrogens (primary N) is 1. The molecule has 1 aliphatic rings. The van der Waals surface area contributed by atoms with Crippen molar-refractivity contribution in [2.45, 2.75) is 42.8 Å². The average molecular weight is 316 g/mol. The van der Waals surface area contributed by atoms with Gasteiger partial charge in [0.1, 0.15) is 0 Å². The van der Waals surface area contributed by atoms with Crippen LogP contribution in [0.3, 0.4) is 0 Å². The summed E-state index contributed by atoms with van der Waals surface area (Å²) in [5.74, 6) is 0.540. The Morgan fingerprint density at radius 1 is 1.35 bits per heavy atom. The number of hydrogen-bond donors (Lipinski definition) is 1. The summed E-state index contributed by atoms with van der Waals surface area (Å²) in [5, 5.41) is 0.0860. The molecule has 3 atom stereocenters. The molecule has 2 N–H and O–H groups in total. The third kappa shape index (κ3) is 3.18.